The summed E-state index contributed by atoms with van der Waals surface area (Å²) < 4.78 is 70.3. The van der Waals surface area contributed by atoms with Crippen molar-refractivity contribution >= 4 is 33.1 Å². The molecule has 0 amide bonds. The molecule has 3 aromatic rings. The third-order valence-electron chi connectivity index (χ3n) is 3.37. The van der Waals surface area contributed by atoms with Gasteiger partial charge in [0.15, 0.2) is 0 Å². The molecule has 0 bridgehead atoms. The summed E-state index contributed by atoms with van der Waals surface area (Å²) in [7, 11) is -4.48. The molecule has 136 valence electrons. The van der Waals surface area contributed by atoms with Crippen LogP contribution in [0, 0.1) is 0 Å². The zero-order chi connectivity index (χ0) is 18.9. The van der Waals surface area contributed by atoms with Gasteiger partial charge in [0.1, 0.15) is 15.5 Å². The minimum Gasteiger partial charge on any atom is -0.379 e. The largest absolute Gasteiger partial charge is 0.426 e. The van der Waals surface area contributed by atoms with Gasteiger partial charge in [-0.25, -0.2) is 0 Å². The number of rotatable bonds is 4. The molecule has 26 heavy (non-hydrogen) atoms. The monoisotopic (exact) mass is 418 g/mol. The van der Waals surface area contributed by atoms with Gasteiger partial charge in [-0.3, -0.25) is 0 Å². The summed E-state index contributed by atoms with van der Waals surface area (Å²) in [6.45, 7) is 0. The fraction of sp³-hybridized carbons (Fsp3) is 0.0588. The average Bonchev–Trinajstić information content (AvgIpc) is 3.04. The quantitative estimate of drug-likeness (QED) is 0.499. The Morgan fingerprint density at radius 1 is 0.962 bits per heavy atom. The molecule has 3 rings (SSSR count). The smallest absolute Gasteiger partial charge is 0.379 e. The number of alkyl halides is 3. The van der Waals surface area contributed by atoms with Crippen LogP contribution in [0.15, 0.2) is 64.9 Å². The van der Waals surface area contributed by atoms with Crippen molar-refractivity contribution in [3.05, 3.63) is 69.9 Å². The van der Waals surface area contributed by atoms with Crippen molar-refractivity contribution in [2.75, 3.05) is 0 Å². The van der Waals surface area contributed by atoms with Crippen LogP contribution in [0.4, 0.5) is 13.2 Å². The first-order valence-corrected chi connectivity index (χ1v) is 9.79. The fourth-order valence-corrected chi connectivity index (χ4v) is 4.83. The summed E-state index contributed by atoms with van der Waals surface area (Å²) in [6.07, 6.45) is -4.69. The number of thiophene rings is 1. The van der Waals surface area contributed by atoms with E-state index in [0.29, 0.717) is 16.4 Å². The van der Waals surface area contributed by atoms with Gasteiger partial charge in [-0.15, -0.1) is 11.3 Å². The van der Waals surface area contributed by atoms with Crippen molar-refractivity contribution in [3.8, 4) is 16.9 Å². The maximum absolute atomic E-state index is 13.4. The van der Waals surface area contributed by atoms with E-state index < -0.39 is 31.6 Å². The molecule has 0 aliphatic carbocycles. The van der Waals surface area contributed by atoms with Crippen LogP contribution < -0.4 is 4.18 Å². The molecule has 1 heterocycles. The Morgan fingerprint density at radius 2 is 1.58 bits per heavy atom. The van der Waals surface area contributed by atoms with Gasteiger partial charge < -0.3 is 4.18 Å². The Bertz CT molecular complexity index is 1010. The number of hydrogen-bond donors (Lipinski definition) is 0. The number of benzene rings is 2. The van der Waals surface area contributed by atoms with Gasteiger partial charge in [-0.05, 0) is 29.8 Å². The molecule has 2 aromatic carbocycles. The van der Waals surface area contributed by atoms with Crippen molar-refractivity contribution in [1.29, 1.82) is 0 Å². The lowest BCUT2D eigenvalue weighted by atomic mass is 10.1. The Kier molecular flexibility index (Phi) is 5.01. The van der Waals surface area contributed by atoms with Gasteiger partial charge in [0.05, 0.1) is 0 Å². The van der Waals surface area contributed by atoms with Crippen LogP contribution in [0.25, 0.3) is 11.1 Å². The Balaban J connectivity index is 2.12. The van der Waals surface area contributed by atoms with Gasteiger partial charge in [-0.1, -0.05) is 41.9 Å². The van der Waals surface area contributed by atoms with E-state index >= 15 is 0 Å². The SMILES string of the molecule is O=S(=O)(Oc1ccc(Cl)cc1)c1csc(C(F)(F)F)c1-c1ccccc1. The molecule has 9 heteroatoms. The van der Waals surface area contributed by atoms with Crippen LogP contribution in [0.3, 0.4) is 0 Å². The van der Waals surface area contributed by atoms with E-state index in [1.807, 2.05) is 0 Å². The van der Waals surface area contributed by atoms with Crippen molar-refractivity contribution in [3.63, 3.8) is 0 Å². The second-order valence-corrected chi connectivity index (χ2v) is 7.99. The van der Waals surface area contributed by atoms with Crippen LogP contribution in [-0.4, -0.2) is 8.42 Å². The van der Waals surface area contributed by atoms with Crippen LogP contribution in [0.1, 0.15) is 4.88 Å². The molecular formula is C17H10ClF3O3S2. The highest BCUT2D eigenvalue weighted by Crippen LogP contribution is 2.45. The van der Waals surface area contributed by atoms with Crippen molar-refractivity contribution < 1.29 is 25.8 Å². The molecule has 0 fully saturated rings. The zero-order valence-electron chi connectivity index (χ0n) is 12.8. The highest BCUT2D eigenvalue weighted by molar-refractivity contribution is 7.87. The van der Waals surface area contributed by atoms with Gasteiger partial charge >= 0.3 is 16.3 Å². The summed E-state index contributed by atoms with van der Waals surface area (Å²) in [4.78, 5) is -1.53. The highest BCUT2D eigenvalue weighted by Gasteiger charge is 2.39. The third kappa shape index (κ3) is 3.87. The predicted molar refractivity (Wildman–Crippen MR) is 94.0 cm³/mol. The maximum atomic E-state index is 13.4. The Morgan fingerprint density at radius 3 is 2.15 bits per heavy atom. The molecule has 1 aromatic heterocycles. The predicted octanol–water partition coefficient (Wildman–Crippen LogP) is 5.86. The molecule has 0 saturated heterocycles. The van der Waals surface area contributed by atoms with E-state index in [4.69, 9.17) is 15.8 Å². The van der Waals surface area contributed by atoms with E-state index in [9.17, 15) is 21.6 Å². The maximum Gasteiger partial charge on any atom is 0.426 e. The molecule has 0 N–H and O–H groups in total. The second-order valence-electron chi connectivity index (χ2n) is 5.16. The summed E-state index contributed by atoms with van der Waals surface area (Å²) in [6, 6.07) is 13.0. The van der Waals surface area contributed by atoms with E-state index in [1.54, 1.807) is 6.07 Å². The van der Waals surface area contributed by atoms with Crippen LogP contribution in [0.5, 0.6) is 5.75 Å². The minimum atomic E-state index is -4.69. The molecule has 0 saturated carbocycles. The Hall–Kier alpha value is -2.03. The van der Waals surface area contributed by atoms with E-state index in [2.05, 4.69) is 0 Å². The van der Waals surface area contributed by atoms with E-state index in [1.165, 1.54) is 48.5 Å². The van der Waals surface area contributed by atoms with E-state index in [0.717, 1.165) is 5.38 Å². The molecule has 0 aliphatic heterocycles. The average molecular weight is 419 g/mol. The first kappa shape index (κ1) is 18.8. The fourth-order valence-electron chi connectivity index (χ4n) is 2.27. The Labute approximate surface area is 156 Å². The van der Waals surface area contributed by atoms with Crippen LogP contribution in [-0.2, 0) is 16.3 Å². The lowest BCUT2D eigenvalue weighted by Gasteiger charge is -2.11. The van der Waals surface area contributed by atoms with Crippen molar-refractivity contribution in [2.45, 2.75) is 11.1 Å². The second kappa shape index (κ2) is 6.94. The van der Waals surface area contributed by atoms with Gasteiger partial charge in [0.2, 0.25) is 0 Å². The van der Waals surface area contributed by atoms with Crippen LogP contribution >= 0.6 is 22.9 Å². The minimum absolute atomic E-state index is 0.0480. The standard InChI is InChI=1S/C17H10ClF3O3S2/c18-12-6-8-13(9-7-12)24-26(22,23)14-10-25-16(17(19,20)21)15(14)11-4-2-1-3-5-11/h1-10H. The lowest BCUT2D eigenvalue weighted by Crippen LogP contribution is -2.11. The zero-order valence-corrected chi connectivity index (χ0v) is 15.2. The molecule has 0 unspecified atom stereocenters. The lowest BCUT2D eigenvalue weighted by molar-refractivity contribution is -0.133. The number of hydrogen-bond acceptors (Lipinski definition) is 4. The molecule has 0 atom stereocenters. The molecule has 3 nitrogen and oxygen atoms in total. The third-order valence-corrected chi connectivity index (χ3v) is 6.06. The summed E-state index contributed by atoms with van der Waals surface area (Å²) in [5.74, 6) is -0.0480. The number of halogens is 4. The first-order valence-electron chi connectivity index (χ1n) is 7.12. The first-order chi connectivity index (χ1) is 12.2. The van der Waals surface area contributed by atoms with Crippen molar-refractivity contribution in [2.24, 2.45) is 0 Å². The molecule has 0 aliphatic rings. The summed E-state index contributed by atoms with van der Waals surface area (Å²) in [5, 5.41) is 1.31. The molecular weight excluding hydrogens is 409 g/mol. The van der Waals surface area contributed by atoms with Gasteiger partial charge in [0.25, 0.3) is 0 Å². The van der Waals surface area contributed by atoms with Crippen molar-refractivity contribution in [1.82, 2.24) is 0 Å². The van der Waals surface area contributed by atoms with Gasteiger partial charge in [0, 0.05) is 16.0 Å². The highest BCUT2D eigenvalue weighted by atomic mass is 35.5. The summed E-state index contributed by atoms with van der Waals surface area (Å²) in [5.41, 5.74) is -0.281. The summed E-state index contributed by atoms with van der Waals surface area (Å²) >= 11 is 6.04. The topological polar surface area (TPSA) is 43.4 Å². The van der Waals surface area contributed by atoms with Gasteiger partial charge in [-0.2, -0.15) is 21.6 Å². The normalized spacial score (nSPS) is 12.2. The molecule has 0 radical (unpaired) electrons. The van der Waals surface area contributed by atoms with Crippen LogP contribution in [0.2, 0.25) is 5.02 Å². The van der Waals surface area contributed by atoms with E-state index in [-0.39, 0.29) is 11.3 Å². The molecule has 0 spiro atoms.